The number of H-pyrrole nitrogens is 1. The summed E-state index contributed by atoms with van der Waals surface area (Å²) in [6.45, 7) is 0. The third-order valence-corrected chi connectivity index (χ3v) is 15.6. The Balaban J connectivity index is 0.000000114. The summed E-state index contributed by atoms with van der Waals surface area (Å²) >= 11 is 11.2. The molecule has 13 aromatic rings. The number of nitrogens with zero attached hydrogens (tertiary/aromatic N) is 1. The number of halogens is 2. The summed E-state index contributed by atoms with van der Waals surface area (Å²) in [5, 5.41) is 29.0. The maximum absolute atomic E-state index is 11.3. The van der Waals surface area contributed by atoms with Gasteiger partial charge >= 0.3 is 0 Å². The number of nitro benzene ring substituents is 1. The highest BCUT2D eigenvalue weighted by Gasteiger charge is 2.17. The number of benzene rings is 12. The number of hydrogen-bond donors (Lipinski definition) is 1. The molecule has 13 rings (SSSR count). The van der Waals surface area contributed by atoms with E-state index in [9.17, 15) is 10.1 Å². The molecule has 0 radical (unpaired) electrons. The van der Waals surface area contributed by atoms with E-state index in [-0.39, 0.29) is 10.6 Å². The average Bonchev–Trinajstić information content (AvgIpc) is 3.81. The van der Waals surface area contributed by atoms with Gasteiger partial charge in [0.2, 0.25) is 0 Å². The first-order chi connectivity index (χ1) is 34.9. The molecule has 4 nitrogen and oxygen atoms in total. The second kappa shape index (κ2) is 21.7. The smallest absolute Gasteiger partial charge is 0.277 e. The van der Waals surface area contributed by atoms with E-state index in [0.29, 0.717) is 15.6 Å². The standard InChI is InChI=1S/C20H13NO2.C20H13N.C18H15P.C6H4Cl2/c22-21(23)20-11-4-3-9-18(20)17-10-5-8-16-12-14-6-1-2-7-15(14)13-19(16)17;1-2-6-14-12-17-15(11-13(14)5-1)9-10-19-20(17)16-7-3-4-8-18(16)21-19;1-4-10-16(11-5-1)19(17-12-6-2-7-13-17)18-14-8-3-9-15-18;7-5-3-1-2-4-6(5)8/h1-13H;1-12,21H;1-15H;1-4H. The van der Waals surface area contributed by atoms with Crippen molar-refractivity contribution in [2.24, 2.45) is 0 Å². The molecular formula is C64H45Cl2N2O2P. The largest absolute Gasteiger partial charge is 0.354 e. The molecule has 0 fully saturated rings. The molecule has 0 saturated carbocycles. The van der Waals surface area contributed by atoms with Gasteiger partial charge in [-0.05, 0) is 127 Å². The van der Waals surface area contributed by atoms with Crippen molar-refractivity contribution in [3.05, 3.63) is 287 Å². The van der Waals surface area contributed by atoms with E-state index in [1.54, 1.807) is 24.3 Å². The molecule has 0 aliphatic carbocycles. The van der Waals surface area contributed by atoms with E-state index in [4.69, 9.17) is 23.2 Å². The number of fused-ring (bicyclic) bond motifs is 8. The van der Waals surface area contributed by atoms with Crippen LogP contribution in [0.2, 0.25) is 10.0 Å². The molecule has 1 heterocycles. The van der Waals surface area contributed by atoms with E-state index in [2.05, 4.69) is 193 Å². The second-order valence-electron chi connectivity index (χ2n) is 16.8. The summed E-state index contributed by atoms with van der Waals surface area (Å²) in [5.74, 6) is 0. The van der Waals surface area contributed by atoms with Crippen LogP contribution >= 0.6 is 31.1 Å². The van der Waals surface area contributed by atoms with Gasteiger partial charge in [-0.2, -0.15) is 0 Å². The van der Waals surface area contributed by atoms with Crippen LogP contribution in [0.1, 0.15) is 0 Å². The number of hydrogen-bond acceptors (Lipinski definition) is 2. The van der Waals surface area contributed by atoms with Gasteiger partial charge in [-0.1, -0.05) is 229 Å². The fraction of sp³-hybridized carbons (Fsp3) is 0. The molecule has 1 N–H and O–H groups in total. The van der Waals surface area contributed by atoms with Gasteiger partial charge in [-0.3, -0.25) is 10.1 Å². The Morgan fingerprint density at radius 3 is 1.32 bits per heavy atom. The van der Waals surface area contributed by atoms with Crippen LogP contribution in [0.15, 0.2) is 267 Å². The minimum atomic E-state index is -0.446. The van der Waals surface area contributed by atoms with Gasteiger partial charge in [0.25, 0.3) is 5.69 Å². The lowest BCUT2D eigenvalue weighted by Gasteiger charge is -2.18. The Morgan fingerprint density at radius 2 is 0.775 bits per heavy atom. The van der Waals surface area contributed by atoms with Crippen LogP contribution in [0.4, 0.5) is 5.69 Å². The molecule has 7 heteroatoms. The number of aromatic nitrogens is 1. The van der Waals surface area contributed by atoms with Crippen molar-refractivity contribution in [3.8, 4) is 11.1 Å². The summed E-state index contributed by atoms with van der Waals surface area (Å²) in [7, 11) is -0.446. The number of para-hydroxylation sites is 2. The molecule has 0 bridgehead atoms. The molecule has 71 heavy (non-hydrogen) atoms. The summed E-state index contributed by atoms with van der Waals surface area (Å²) < 4.78 is 0. The van der Waals surface area contributed by atoms with Gasteiger partial charge in [0, 0.05) is 27.9 Å². The zero-order valence-electron chi connectivity index (χ0n) is 38.4. The first-order valence-electron chi connectivity index (χ1n) is 23.2. The van der Waals surface area contributed by atoms with Crippen molar-refractivity contribution in [3.63, 3.8) is 0 Å². The van der Waals surface area contributed by atoms with E-state index in [1.807, 2.05) is 54.6 Å². The number of nitro groups is 1. The second-order valence-corrected chi connectivity index (χ2v) is 19.9. The minimum absolute atomic E-state index is 0.133. The highest BCUT2D eigenvalue weighted by Crippen LogP contribution is 2.38. The van der Waals surface area contributed by atoms with Crippen LogP contribution in [0.5, 0.6) is 0 Å². The van der Waals surface area contributed by atoms with Gasteiger partial charge in [0.05, 0.1) is 20.5 Å². The lowest BCUT2D eigenvalue weighted by molar-refractivity contribution is -0.384. The predicted molar refractivity (Wildman–Crippen MR) is 306 cm³/mol. The highest BCUT2D eigenvalue weighted by molar-refractivity contribution is 7.79. The molecule has 0 unspecified atom stereocenters. The van der Waals surface area contributed by atoms with Crippen LogP contribution in [0, 0.1) is 10.1 Å². The quantitative estimate of drug-likeness (QED) is 0.0808. The maximum Gasteiger partial charge on any atom is 0.277 e. The van der Waals surface area contributed by atoms with Crippen LogP contribution in [-0.2, 0) is 0 Å². The molecule has 0 spiro atoms. The number of rotatable bonds is 5. The van der Waals surface area contributed by atoms with Gasteiger partial charge in [0.1, 0.15) is 0 Å². The Labute approximate surface area is 423 Å². The molecule has 342 valence electrons. The normalized spacial score (nSPS) is 10.9. The van der Waals surface area contributed by atoms with Crippen molar-refractivity contribution >= 4 is 118 Å². The van der Waals surface area contributed by atoms with Crippen molar-refractivity contribution in [1.29, 1.82) is 0 Å². The summed E-state index contributed by atoms with van der Waals surface area (Å²) in [6, 6.07) is 90.8. The van der Waals surface area contributed by atoms with Crippen LogP contribution < -0.4 is 15.9 Å². The van der Waals surface area contributed by atoms with Gasteiger partial charge in [0.15, 0.2) is 0 Å². The van der Waals surface area contributed by atoms with Gasteiger partial charge in [-0.25, -0.2) is 0 Å². The topological polar surface area (TPSA) is 58.9 Å². The molecule has 1 aromatic heterocycles. The Hall–Kier alpha value is -8.11. The molecular weight excluding hydrogens is 931 g/mol. The predicted octanol–water partition coefficient (Wildman–Crippen LogP) is 17.6. The van der Waals surface area contributed by atoms with Crippen LogP contribution in [0.25, 0.3) is 76.0 Å². The molecule has 0 aliphatic heterocycles. The average molecular weight is 976 g/mol. The summed E-state index contributed by atoms with van der Waals surface area (Å²) in [5.41, 5.74) is 4.08. The lowest BCUT2D eigenvalue weighted by atomic mass is 9.95. The number of nitrogens with one attached hydrogen (secondary N) is 1. The SMILES string of the molecule is Clc1ccccc1Cl.O=[N+]([O-])c1ccccc1-c1cccc2cc3ccccc3cc12.c1ccc(P(c2ccccc2)c2ccccc2)cc1.c1ccc2cc3c(ccc4[nH]c5ccccc5c43)cc2c1. The van der Waals surface area contributed by atoms with E-state index < -0.39 is 7.92 Å². The van der Waals surface area contributed by atoms with Crippen molar-refractivity contribution in [2.75, 3.05) is 0 Å². The third-order valence-electron chi connectivity index (χ3n) is 12.4. The van der Waals surface area contributed by atoms with E-state index >= 15 is 0 Å². The molecule has 0 aliphatic rings. The Bertz CT molecular complexity index is 3840. The van der Waals surface area contributed by atoms with Gasteiger partial charge < -0.3 is 4.98 Å². The minimum Gasteiger partial charge on any atom is -0.354 e. The highest BCUT2D eigenvalue weighted by atomic mass is 35.5. The molecule has 12 aromatic carbocycles. The van der Waals surface area contributed by atoms with E-state index in [1.165, 1.54) is 64.7 Å². The lowest BCUT2D eigenvalue weighted by Crippen LogP contribution is -2.20. The Kier molecular flexibility index (Phi) is 14.2. The Morgan fingerprint density at radius 1 is 0.352 bits per heavy atom. The molecule has 0 amide bonds. The first kappa shape index (κ1) is 46.6. The molecule has 0 saturated heterocycles. The zero-order valence-corrected chi connectivity index (χ0v) is 40.8. The van der Waals surface area contributed by atoms with Crippen molar-refractivity contribution in [1.82, 2.24) is 4.98 Å². The fourth-order valence-electron chi connectivity index (χ4n) is 9.04. The summed E-state index contributed by atoms with van der Waals surface area (Å²) in [6.07, 6.45) is 0. The molecule has 0 atom stereocenters. The van der Waals surface area contributed by atoms with Crippen molar-refractivity contribution < 1.29 is 4.92 Å². The van der Waals surface area contributed by atoms with Crippen LogP contribution in [-0.4, -0.2) is 9.91 Å². The number of aromatic amines is 1. The van der Waals surface area contributed by atoms with Gasteiger partial charge in [-0.15, -0.1) is 0 Å². The first-order valence-corrected chi connectivity index (χ1v) is 25.3. The monoisotopic (exact) mass is 974 g/mol. The van der Waals surface area contributed by atoms with Crippen LogP contribution in [0.3, 0.4) is 0 Å². The fourth-order valence-corrected chi connectivity index (χ4v) is 11.6. The van der Waals surface area contributed by atoms with Crippen molar-refractivity contribution in [2.45, 2.75) is 0 Å². The maximum atomic E-state index is 11.3. The summed E-state index contributed by atoms with van der Waals surface area (Å²) in [4.78, 5) is 14.5. The third kappa shape index (κ3) is 10.4. The zero-order chi connectivity index (χ0) is 48.5. The van der Waals surface area contributed by atoms with E-state index in [0.717, 1.165) is 21.7 Å².